The summed E-state index contributed by atoms with van der Waals surface area (Å²) in [6, 6.07) is 0. The fourth-order valence-corrected chi connectivity index (χ4v) is 2.85. The molecule has 1 fully saturated rings. The van der Waals surface area contributed by atoms with Crippen LogP contribution in [-0.4, -0.2) is 36.6 Å². The molecule has 0 aromatic carbocycles. The highest BCUT2D eigenvalue weighted by molar-refractivity contribution is 5.34. The van der Waals surface area contributed by atoms with Crippen LogP contribution in [0.25, 0.3) is 0 Å². The fraction of sp³-hybridized carbons (Fsp3) is 0.786. The molecular formula is C14H25N3O2. The molecular weight excluding hydrogens is 242 g/mol. The van der Waals surface area contributed by atoms with Gasteiger partial charge in [-0.15, -0.1) is 0 Å². The van der Waals surface area contributed by atoms with Gasteiger partial charge in [0.1, 0.15) is 0 Å². The van der Waals surface area contributed by atoms with Crippen molar-refractivity contribution in [2.75, 3.05) is 26.8 Å². The first-order valence-corrected chi connectivity index (χ1v) is 7.08. The minimum absolute atomic E-state index is 0.105. The van der Waals surface area contributed by atoms with Gasteiger partial charge in [-0.2, -0.15) is 5.10 Å². The van der Waals surface area contributed by atoms with Gasteiger partial charge in [0.05, 0.1) is 24.5 Å². The van der Waals surface area contributed by atoms with Crippen molar-refractivity contribution in [3.8, 4) is 5.88 Å². The molecule has 0 bridgehead atoms. The first-order chi connectivity index (χ1) is 9.19. The van der Waals surface area contributed by atoms with E-state index in [0.717, 1.165) is 49.7 Å². The van der Waals surface area contributed by atoms with E-state index in [4.69, 9.17) is 9.47 Å². The molecule has 1 aliphatic rings. The summed E-state index contributed by atoms with van der Waals surface area (Å²) in [7, 11) is 3.61. The topological polar surface area (TPSA) is 48.3 Å². The fourth-order valence-electron chi connectivity index (χ4n) is 2.85. The maximum absolute atomic E-state index is 5.95. The van der Waals surface area contributed by atoms with E-state index in [-0.39, 0.29) is 6.10 Å². The van der Waals surface area contributed by atoms with Crippen molar-refractivity contribution in [1.29, 1.82) is 0 Å². The van der Waals surface area contributed by atoms with E-state index < -0.39 is 0 Å². The van der Waals surface area contributed by atoms with Crippen LogP contribution in [0, 0.1) is 12.8 Å². The molecule has 0 amide bonds. The SMILES string of the molecule is CCCNCC1CCOC1c1c(C)nn(C)c1OC. The molecule has 1 aromatic rings. The van der Waals surface area contributed by atoms with E-state index in [9.17, 15) is 0 Å². The molecule has 5 heteroatoms. The van der Waals surface area contributed by atoms with Crippen LogP contribution in [-0.2, 0) is 11.8 Å². The molecule has 1 aromatic heterocycles. The quantitative estimate of drug-likeness (QED) is 0.799. The Balaban J connectivity index is 2.15. The van der Waals surface area contributed by atoms with Crippen LogP contribution in [0.15, 0.2) is 0 Å². The predicted molar refractivity (Wildman–Crippen MR) is 74.5 cm³/mol. The Bertz CT molecular complexity index is 417. The lowest BCUT2D eigenvalue weighted by Crippen LogP contribution is -2.25. The van der Waals surface area contributed by atoms with Crippen LogP contribution in [0.3, 0.4) is 0 Å². The van der Waals surface area contributed by atoms with Crippen LogP contribution in [0.5, 0.6) is 5.88 Å². The molecule has 2 rings (SSSR count). The smallest absolute Gasteiger partial charge is 0.217 e. The summed E-state index contributed by atoms with van der Waals surface area (Å²) in [4.78, 5) is 0. The van der Waals surface area contributed by atoms with E-state index in [1.807, 2.05) is 14.0 Å². The number of methoxy groups -OCH3 is 1. The lowest BCUT2D eigenvalue weighted by Gasteiger charge is -2.19. The highest BCUT2D eigenvalue weighted by atomic mass is 16.5. The Hall–Kier alpha value is -1.07. The lowest BCUT2D eigenvalue weighted by molar-refractivity contribution is 0.0875. The average Bonchev–Trinajstić information content (AvgIpc) is 2.93. The summed E-state index contributed by atoms with van der Waals surface area (Å²) < 4.78 is 13.2. The zero-order chi connectivity index (χ0) is 13.8. The first kappa shape index (κ1) is 14.3. The Morgan fingerprint density at radius 3 is 3.00 bits per heavy atom. The van der Waals surface area contributed by atoms with Crippen LogP contribution >= 0.6 is 0 Å². The summed E-state index contributed by atoms with van der Waals surface area (Å²) in [5, 5.41) is 7.94. The van der Waals surface area contributed by atoms with Crippen molar-refractivity contribution in [2.45, 2.75) is 32.8 Å². The number of nitrogens with zero attached hydrogens (tertiary/aromatic N) is 2. The standard InChI is InChI=1S/C14H25N3O2/c1-5-7-15-9-11-6-8-19-13(11)12-10(2)16-17(3)14(12)18-4/h11,13,15H,5-9H2,1-4H3. The Morgan fingerprint density at radius 1 is 1.53 bits per heavy atom. The van der Waals surface area contributed by atoms with Gasteiger partial charge in [0.25, 0.3) is 0 Å². The Labute approximate surface area is 115 Å². The molecule has 19 heavy (non-hydrogen) atoms. The van der Waals surface area contributed by atoms with Gasteiger partial charge in [0.2, 0.25) is 5.88 Å². The molecule has 2 heterocycles. The van der Waals surface area contributed by atoms with Gasteiger partial charge in [-0.05, 0) is 26.3 Å². The average molecular weight is 267 g/mol. The van der Waals surface area contributed by atoms with Gasteiger partial charge in [-0.1, -0.05) is 6.92 Å². The molecule has 1 saturated heterocycles. The van der Waals surface area contributed by atoms with Crippen LogP contribution < -0.4 is 10.1 Å². The molecule has 1 N–H and O–H groups in total. The Kier molecular flexibility index (Phi) is 4.82. The molecule has 0 spiro atoms. The molecule has 108 valence electrons. The predicted octanol–water partition coefficient (Wildman–Crippen LogP) is 1.81. The van der Waals surface area contributed by atoms with E-state index in [2.05, 4.69) is 17.3 Å². The van der Waals surface area contributed by atoms with Gasteiger partial charge >= 0.3 is 0 Å². The number of nitrogens with one attached hydrogen (secondary N) is 1. The van der Waals surface area contributed by atoms with Crippen LogP contribution in [0.2, 0.25) is 0 Å². The number of rotatable bonds is 6. The highest BCUT2D eigenvalue weighted by Crippen LogP contribution is 2.40. The van der Waals surface area contributed by atoms with Crippen molar-refractivity contribution in [3.05, 3.63) is 11.3 Å². The van der Waals surface area contributed by atoms with E-state index >= 15 is 0 Å². The second kappa shape index (κ2) is 6.39. The van der Waals surface area contributed by atoms with Crippen molar-refractivity contribution in [3.63, 3.8) is 0 Å². The third-order valence-electron chi connectivity index (χ3n) is 3.74. The molecule has 2 atom stereocenters. The highest BCUT2D eigenvalue weighted by Gasteiger charge is 2.34. The summed E-state index contributed by atoms with van der Waals surface area (Å²) in [5.74, 6) is 1.33. The van der Waals surface area contributed by atoms with Gasteiger partial charge < -0.3 is 14.8 Å². The monoisotopic (exact) mass is 267 g/mol. The van der Waals surface area contributed by atoms with Crippen LogP contribution in [0.1, 0.15) is 37.1 Å². The van der Waals surface area contributed by atoms with E-state index in [1.54, 1.807) is 11.8 Å². The van der Waals surface area contributed by atoms with Crippen molar-refractivity contribution >= 4 is 0 Å². The maximum atomic E-state index is 5.95. The normalized spacial score (nSPS) is 22.9. The maximum Gasteiger partial charge on any atom is 0.217 e. The van der Waals surface area contributed by atoms with Gasteiger partial charge in [0.15, 0.2) is 0 Å². The molecule has 2 unspecified atom stereocenters. The zero-order valence-corrected chi connectivity index (χ0v) is 12.4. The van der Waals surface area contributed by atoms with E-state index in [0.29, 0.717) is 5.92 Å². The summed E-state index contributed by atoms with van der Waals surface area (Å²) >= 11 is 0. The lowest BCUT2D eigenvalue weighted by atomic mass is 9.95. The van der Waals surface area contributed by atoms with Crippen molar-refractivity contribution < 1.29 is 9.47 Å². The minimum atomic E-state index is 0.105. The summed E-state index contributed by atoms with van der Waals surface area (Å²) in [6.07, 6.45) is 2.36. The number of aromatic nitrogens is 2. The van der Waals surface area contributed by atoms with Gasteiger partial charge in [0, 0.05) is 26.1 Å². The Morgan fingerprint density at radius 2 is 2.32 bits per heavy atom. The second-order valence-electron chi connectivity index (χ2n) is 5.18. The third kappa shape index (κ3) is 2.92. The zero-order valence-electron chi connectivity index (χ0n) is 12.4. The molecule has 1 aliphatic heterocycles. The second-order valence-corrected chi connectivity index (χ2v) is 5.18. The molecule has 0 saturated carbocycles. The number of hydrogen-bond acceptors (Lipinski definition) is 4. The minimum Gasteiger partial charge on any atom is -0.481 e. The summed E-state index contributed by atoms with van der Waals surface area (Å²) in [5.41, 5.74) is 2.12. The number of hydrogen-bond donors (Lipinski definition) is 1. The van der Waals surface area contributed by atoms with Crippen molar-refractivity contribution in [2.24, 2.45) is 13.0 Å². The van der Waals surface area contributed by atoms with Crippen molar-refractivity contribution in [1.82, 2.24) is 15.1 Å². The van der Waals surface area contributed by atoms with Gasteiger partial charge in [-0.3, -0.25) is 0 Å². The molecule has 0 radical (unpaired) electrons. The molecule has 5 nitrogen and oxygen atoms in total. The van der Waals surface area contributed by atoms with Crippen LogP contribution in [0.4, 0.5) is 0 Å². The molecule has 0 aliphatic carbocycles. The number of ether oxygens (including phenoxy) is 2. The van der Waals surface area contributed by atoms with Gasteiger partial charge in [-0.25, -0.2) is 4.68 Å². The van der Waals surface area contributed by atoms with E-state index in [1.165, 1.54) is 0 Å². The largest absolute Gasteiger partial charge is 0.481 e. The first-order valence-electron chi connectivity index (χ1n) is 7.08. The number of aryl methyl sites for hydroxylation is 2. The summed E-state index contributed by atoms with van der Waals surface area (Å²) in [6.45, 7) is 7.09. The third-order valence-corrected chi connectivity index (χ3v) is 3.74.